The quantitative estimate of drug-likeness (QED) is 0.761. The highest BCUT2D eigenvalue weighted by molar-refractivity contribution is 7.89. The van der Waals surface area contributed by atoms with E-state index in [1.807, 2.05) is 19.1 Å². The van der Waals surface area contributed by atoms with Crippen LogP contribution in [0.3, 0.4) is 0 Å². The summed E-state index contributed by atoms with van der Waals surface area (Å²) in [6.45, 7) is 2.47. The van der Waals surface area contributed by atoms with Crippen LogP contribution in [0.2, 0.25) is 0 Å². The smallest absolute Gasteiger partial charge is 0.214 e. The maximum absolute atomic E-state index is 12.3. The van der Waals surface area contributed by atoms with E-state index in [2.05, 4.69) is 4.98 Å². The number of hydrogen-bond donors (Lipinski definition) is 0. The molecule has 0 radical (unpaired) electrons. The van der Waals surface area contributed by atoms with Gasteiger partial charge in [0.15, 0.2) is 0 Å². The molecule has 5 heteroatoms. The molecular weight excluding hydrogens is 248 g/mol. The third kappa shape index (κ3) is 3.53. The van der Waals surface area contributed by atoms with Gasteiger partial charge in [-0.25, -0.2) is 8.42 Å². The second-order valence-electron chi connectivity index (χ2n) is 4.81. The fourth-order valence-electron chi connectivity index (χ4n) is 1.93. The van der Waals surface area contributed by atoms with Crippen molar-refractivity contribution in [1.82, 2.24) is 9.29 Å². The van der Waals surface area contributed by atoms with E-state index in [1.54, 1.807) is 16.7 Å². The van der Waals surface area contributed by atoms with Gasteiger partial charge in [0.1, 0.15) is 0 Å². The zero-order valence-corrected chi connectivity index (χ0v) is 11.6. The summed E-state index contributed by atoms with van der Waals surface area (Å²) < 4.78 is 26.2. The molecule has 1 heterocycles. The number of pyridine rings is 1. The molecule has 0 aliphatic heterocycles. The van der Waals surface area contributed by atoms with Crippen molar-refractivity contribution in [1.29, 1.82) is 0 Å². The van der Waals surface area contributed by atoms with E-state index >= 15 is 0 Å². The van der Waals surface area contributed by atoms with Crippen molar-refractivity contribution in [3.05, 3.63) is 30.1 Å². The maximum atomic E-state index is 12.3. The van der Waals surface area contributed by atoms with E-state index in [-0.39, 0.29) is 11.8 Å². The van der Waals surface area contributed by atoms with Crippen molar-refractivity contribution in [2.24, 2.45) is 0 Å². The minimum absolute atomic E-state index is 0.215. The van der Waals surface area contributed by atoms with Crippen molar-refractivity contribution < 1.29 is 8.42 Å². The number of unbranched alkanes of at least 4 members (excludes halogenated alkanes) is 1. The largest absolute Gasteiger partial charge is 0.264 e. The molecule has 0 saturated heterocycles. The number of nitrogens with zero attached hydrogens (tertiary/aromatic N) is 2. The molecule has 0 unspecified atom stereocenters. The Morgan fingerprint density at radius 1 is 1.44 bits per heavy atom. The first-order valence-corrected chi connectivity index (χ1v) is 8.13. The maximum Gasteiger partial charge on any atom is 0.214 e. The highest BCUT2D eigenvalue weighted by Gasteiger charge is 2.36. The molecule has 0 aromatic carbocycles. The summed E-state index contributed by atoms with van der Waals surface area (Å²) in [7, 11) is -3.11. The van der Waals surface area contributed by atoms with Gasteiger partial charge in [-0.3, -0.25) is 4.98 Å². The van der Waals surface area contributed by atoms with E-state index in [1.165, 1.54) is 0 Å². The molecule has 100 valence electrons. The molecule has 1 aliphatic carbocycles. The Hall–Kier alpha value is -0.940. The molecule has 0 spiro atoms. The van der Waals surface area contributed by atoms with Crippen LogP contribution >= 0.6 is 0 Å². The molecule has 1 aromatic rings. The van der Waals surface area contributed by atoms with Crippen LogP contribution < -0.4 is 0 Å². The van der Waals surface area contributed by atoms with Crippen LogP contribution in [0.5, 0.6) is 0 Å². The monoisotopic (exact) mass is 268 g/mol. The Morgan fingerprint density at radius 2 is 2.22 bits per heavy atom. The highest BCUT2D eigenvalue weighted by Crippen LogP contribution is 2.31. The zero-order chi connectivity index (χ0) is 13.0. The van der Waals surface area contributed by atoms with Gasteiger partial charge in [-0.15, -0.1) is 0 Å². The van der Waals surface area contributed by atoms with Gasteiger partial charge in [-0.1, -0.05) is 19.4 Å². The Labute approximate surface area is 109 Å². The molecule has 1 aliphatic rings. The van der Waals surface area contributed by atoms with Crippen molar-refractivity contribution in [2.75, 3.05) is 5.75 Å². The second kappa shape index (κ2) is 5.80. The molecule has 18 heavy (non-hydrogen) atoms. The summed E-state index contributed by atoms with van der Waals surface area (Å²) in [6.07, 6.45) is 7.07. The van der Waals surface area contributed by atoms with Crippen LogP contribution in [0.15, 0.2) is 24.5 Å². The average molecular weight is 268 g/mol. The Bertz CT molecular complexity index is 469. The fourth-order valence-corrected chi connectivity index (χ4v) is 3.83. The third-order valence-corrected chi connectivity index (χ3v) is 5.07. The first-order valence-electron chi connectivity index (χ1n) is 6.52. The third-order valence-electron chi connectivity index (χ3n) is 3.13. The molecule has 0 bridgehead atoms. The first-order chi connectivity index (χ1) is 8.63. The van der Waals surface area contributed by atoms with Crippen LogP contribution in [0.25, 0.3) is 0 Å². The van der Waals surface area contributed by atoms with Crippen LogP contribution in [0, 0.1) is 0 Å². The van der Waals surface area contributed by atoms with E-state index in [4.69, 9.17) is 0 Å². The molecule has 1 aromatic heterocycles. The van der Waals surface area contributed by atoms with Crippen LogP contribution in [-0.4, -0.2) is 29.5 Å². The lowest BCUT2D eigenvalue weighted by Gasteiger charge is -2.21. The number of hydrogen-bond acceptors (Lipinski definition) is 3. The lowest BCUT2D eigenvalue weighted by molar-refractivity contribution is 0.397. The normalized spacial score (nSPS) is 16.1. The lowest BCUT2D eigenvalue weighted by Crippen LogP contribution is -2.34. The number of aromatic nitrogens is 1. The molecule has 0 amide bonds. The summed E-state index contributed by atoms with van der Waals surface area (Å²) in [4.78, 5) is 4.04. The topological polar surface area (TPSA) is 50.3 Å². The SMILES string of the molecule is CCCCS(=O)(=O)N(Cc1cccnc1)C1CC1. The first kappa shape index (κ1) is 13.5. The van der Waals surface area contributed by atoms with Crippen molar-refractivity contribution in [3.8, 4) is 0 Å². The lowest BCUT2D eigenvalue weighted by atomic mass is 10.3. The van der Waals surface area contributed by atoms with Crippen molar-refractivity contribution >= 4 is 10.0 Å². The summed E-state index contributed by atoms with van der Waals surface area (Å²) in [5.41, 5.74) is 0.962. The van der Waals surface area contributed by atoms with Crippen molar-refractivity contribution in [3.63, 3.8) is 0 Å². The van der Waals surface area contributed by atoms with Gasteiger partial charge in [0, 0.05) is 25.0 Å². The minimum Gasteiger partial charge on any atom is -0.264 e. The van der Waals surface area contributed by atoms with E-state index < -0.39 is 10.0 Å². The Morgan fingerprint density at radius 3 is 2.78 bits per heavy atom. The molecule has 1 saturated carbocycles. The molecule has 0 N–H and O–H groups in total. The fraction of sp³-hybridized carbons (Fsp3) is 0.615. The average Bonchev–Trinajstić information content (AvgIpc) is 3.19. The standard InChI is InChI=1S/C13H20N2O2S/c1-2-3-9-18(16,17)15(13-6-7-13)11-12-5-4-8-14-10-12/h4-5,8,10,13H,2-3,6-7,9,11H2,1H3. The molecule has 4 nitrogen and oxygen atoms in total. The summed E-state index contributed by atoms with van der Waals surface area (Å²) in [6, 6.07) is 3.99. The van der Waals surface area contributed by atoms with Gasteiger partial charge in [0.25, 0.3) is 0 Å². The molecular formula is C13H20N2O2S. The van der Waals surface area contributed by atoms with Gasteiger partial charge in [0.2, 0.25) is 10.0 Å². The van der Waals surface area contributed by atoms with Gasteiger partial charge >= 0.3 is 0 Å². The Kier molecular flexibility index (Phi) is 4.35. The van der Waals surface area contributed by atoms with E-state index in [0.29, 0.717) is 6.54 Å². The Balaban J connectivity index is 2.09. The van der Waals surface area contributed by atoms with Gasteiger partial charge < -0.3 is 0 Å². The van der Waals surface area contributed by atoms with Crippen LogP contribution in [0.4, 0.5) is 0 Å². The minimum atomic E-state index is -3.11. The van der Waals surface area contributed by atoms with Gasteiger partial charge in [0.05, 0.1) is 5.75 Å². The van der Waals surface area contributed by atoms with E-state index in [0.717, 1.165) is 31.2 Å². The van der Waals surface area contributed by atoms with Crippen LogP contribution in [-0.2, 0) is 16.6 Å². The van der Waals surface area contributed by atoms with Gasteiger partial charge in [-0.2, -0.15) is 4.31 Å². The summed E-state index contributed by atoms with van der Waals surface area (Å²) in [5, 5.41) is 0. The van der Waals surface area contributed by atoms with Gasteiger partial charge in [-0.05, 0) is 30.9 Å². The van der Waals surface area contributed by atoms with Crippen molar-refractivity contribution in [2.45, 2.75) is 45.2 Å². The second-order valence-corrected chi connectivity index (χ2v) is 6.85. The predicted octanol–water partition coefficient (Wildman–Crippen LogP) is 2.18. The number of sulfonamides is 1. The molecule has 2 rings (SSSR count). The zero-order valence-electron chi connectivity index (χ0n) is 10.7. The van der Waals surface area contributed by atoms with Crippen LogP contribution in [0.1, 0.15) is 38.2 Å². The van der Waals surface area contributed by atoms with E-state index in [9.17, 15) is 8.42 Å². The molecule has 0 atom stereocenters. The highest BCUT2D eigenvalue weighted by atomic mass is 32.2. The predicted molar refractivity (Wildman–Crippen MR) is 71.5 cm³/mol. The molecule has 1 fully saturated rings. The summed E-state index contributed by atoms with van der Waals surface area (Å²) >= 11 is 0. The number of rotatable bonds is 7. The summed E-state index contributed by atoms with van der Waals surface area (Å²) in [5.74, 6) is 0.264.